The molecule has 0 saturated heterocycles. The Morgan fingerprint density at radius 2 is 2.04 bits per heavy atom. The van der Waals surface area contributed by atoms with Gasteiger partial charge < -0.3 is 5.32 Å². The summed E-state index contributed by atoms with van der Waals surface area (Å²) in [6.07, 6.45) is 0.718. The van der Waals surface area contributed by atoms with Crippen LogP contribution in [0.3, 0.4) is 0 Å². The maximum atomic E-state index is 12.7. The van der Waals surface area contributed by atoms with Gasteiger partial charge in [0.25, 0.3) is 5.91 Å². The van der Waals surface area contributed by atoms with Crippen molar-refractivity contribution >= 4 is 27.3 Å². The van der Waals surface area contributed by atoms with Gasteiger partial charge in [0.2, 0.25) is 10.0 Å². The third-order valence-corrected chi connectivity index (χ3v) is 6.69. The van der Waals surface area contributed by atoms with Crippen molar-refractivity contribution in [1.82, 2.24) is 10.0 Å². The van der Waals surface area contributed by atoms with E-state index in [0.29, 0.717) is 12.1 Å². The molecule has 0 bridgehead atoms. The standard InChI is InChI=1S/C16H18N2O3S2/c1-16(2,14-4-3-9-22-14)18-23(20,21)12-6-5-11-7-8-17-15(19)13(11)10-12/h3-6,9-10,18H,7-8H2,1-2H3,(H,17,19). The van der Waals surface area contributed by atoms with E-state index in [9.17, 15) is 13.2 Å². The van der Waals surface area contributed by atoms with E-state index in [1.54, 1.807) is 12.1 Å². The lowest BCUT2D eigenvalue weighted by Gasteiger charge is -2.25. The van der Waals surface area contributed by atoms with Gasteiger partial charge in [-0.3, -0.25) is 4.79 Å². The van der Waals surface area contributed by atoms with E-state index in [1.807, 2.05) is 31.4 Å². The van der Waals surface area contributed by atoms with Crippen LogP contribution in [-0.4, -0.2) is 20.9 Å². The van der Waals surface area contributed by atoms with Crippen LogP contribution in [0.2, 0.25) is 0 Å². The van der Waals surface area contributed by atoms with Crippen molar-refractivity contribution < 1.29 is 13.2 Å². The molecule has 2 heterocycles. The highest BCUT2D eigenvalue weighted by atomic mass is 32.2. The van der Waals surface area contributed by atoms with Gasteiger partial charge in [0, 0.05) is 17.0 Å². The molecule has 5 nitrogen and oxygen atoms in total. The number of thiophene rings is 1. The van der Waals surface area contributed by atoms with Crippen molar-refractivity contribution in [1.29, 1.82) is 0 Å². The van der Waals surface area contributed by atoms with Crippen LogP contribution in [0.1, 0.15) is 34.6 Å². The van der Waals surface area contributed by atoms with Crippen LogP contribution in [0.5, 0.6) is 0 Å². The molecule has 122 valence electrons. The largest absolute Gasteiger partial charge is 0.352 e. The summed E-state index contributed by atoms with van der Waals surface area (Å²) in [6.45, 7) is 4.23. The second-order valence-electron chi connectivity index (χ2n) is 6.03. The molecule has 0 spiro atoms. The van der Waals surface area contributed by atoms with E-state index in [2.05, 4.69) is 10.0 Å². The minimum absolute atomic E-state index is 0.109. The fourth-order valence-electron chi connectivity index (χ4n) is 2.64. The summed E-state index contributed by atoms with van der Waals surface area (Å²) in [7, 11) is -3.72. The topological polar surface area (TPSA) is 75.3 Å². The first-order valence-corrected chi connectivity index (χ1v) is 9.65. The molecule has 7 heteroatoms. The van der Waals surface area contributed by atoms with Gasteiger partial charge in [-0.1, -0.05) is 12.1 Å². The predicted molar refractivity (Wildman–Crippen MR) is 90.1 cm³/mol. The zero-order chi connectivity index (χ0) is 16.7. The van der Waals surface area contributed by atoms with E-state index in [-0.39, 0.29) is 10.8 Å². The molecule has 23 heavy (non-hydrogen) atoms. The summed E-state index contributed by atoms with van der Waals surface area (Å²) in [4.78, 5) is 12.9. The molecule has 0 atom stereocenters. The highest BCUT2D eigenvalue weighted by Crippen LogP contribution is 2.27. The Balaban J connectivity index is 1.94. The highest BCUT2D eigenvalue weighted by molar-refractivity contribution is 7.89. The first-order valence-electron chi connectivity index (χ1n) is 7.29. The van der Waals surface area contributed by atoms with Crippen molar-refractivity contribution in [3.05, 3.63) is 51.7 Å². The van der Waals surface area contributed by atoms with Gasteiger partial charge in [-0.2, -0.15) is 0 Å². The Morgan fingerprint density at radius 1 is 1.26 bits per heavy atom. The van der Waals surface area contributed by atoms with Gasteiger partial charge in [0.05, 0.1) is 10.4 Å². The second-order valence-corrected chi connectivity index (χ2v) is 8.66. The molecule has 1 aromatic heterocycles. The zero-order valence-electron chi connectivity index (χ0n) is 12.9. The number of carbonyl (C=O) groups excluding carboxylic acids is 1. The Kier molecular flexibility index (Phi) is 4.03. The number of amides is 1. The number of fused-ring (bicyclic) bond motifs is 1. The van der Waals surface area contributed by atoms with E-state index in [4.69, 9.17) is 0 Å². The third-order valence-electron chi connectivity index (χ3n) is 3.84. The Bertz CT molecular complexity index is 840. The summed E-state index contributed by atoms with van der Waals surface area (Å²) in [5.74, 6) is -0.221. The van der Waals surface area contributed by atoms with Gasteiger partial charge >= 0.3 is 0 Å². The smallest absolute Gasteiger partial charge is 0.251 e. The lowest BCUT2D eigenvalue weighted by Crippen LogP contribution is -2.40. The molecule has 3 rings (SSSR count). The van der Waals surface area contributed by atoms with Crippen LogP contribution in [0.25, 0.3) is 0 Å². The van der Waals surface area contributed by atoms with E-state index in [1.165, 1.54) is 17.4 Å². The summed E-state index contributed by atoms with van der Waals surface area (Å²) in [5.41, 5.74) is 0.601. The Labute approximate surface area is 139 Å². The van der Waals surface area contributed by atoms with Crippen LogP contribution >= 0.6 is 11.3 Å². The Morgan fingerprint density at radius 3 is 2.74 bits per heavy atom. The predicted octanol–water partition coefficient (Wildman–Crippen LogP) is 2.25. The minimum atomic E-state index is -3.72. The second kappa shape index (κ2) is 5.74. The lowest BCUT2D eigenvalue weighted by atomic mass is 10.0. The Hall–Kier alpha value is -1.70. The summed E-state index contributed by atoms with van der Waals surface area (Å²) < 4.78 is 28.1. The highest BCUT2D eigenvalue weighted by Gasteiger charge is 2.30. The molecule has 0 fully saturated rings. The lowest BCUT2D eigenvalue weighted by molar-refractivity contribution is 0.0945. The molecule has 1 aliphatic rings. The van der Waals surface area contributed by atoms with Gasteiger partial charge in [-0.05, 0) is 49.4 Å². The van der Waals surface area contributed by atoms with Gasteiger partial charge in [-0.25, -0.2) is 13.1 Å². The maximum Gasteiger partial charge on any atom is 0.251 e. The van der Waals surface area contributed by atoms with Crippen LogP contribution in [0.15, 0.2) is 40.6 Å². The van der Waals surface area contributed by atoms with E-state index < -0.39 is 15.6 Å². The molecule has 0 saturated carbocycles. The van der Waals surface area contributed by atoms with Crippen molar-refractivity contribution in [2.24, 2.45) is 0 Å². The van der Waals surface area contributed by atoms with E-state index in [0.717, 1.165) is 16.9 Å². The van der Waals surface area contributed by atoms with Gasteiger partial charge in [0.15, 0.2) is 0 Å². The van der Waals surface area contributed by atoms with Crippen LogP contribution in [0.4, 0.5) is 0 Å². The van der Waals surface area contributed by atoms with Gasteiger partial charge in [0.1, 0.15) is 0 Å². The van der Waals surface area contributed by atoms with Crippen LogP contribution in [-0.2, 0) is 22.0 Å². The number of hydrogen-bond donors (Lipinski definition) is 2. The number of benzene rings is 1. The third kappa shape index (κ3) is 3.17. The molecule has 2 aromatic rings. The van der Waals surface area contributed by atoms with Crippen LogP contribution < -0.4 is 10.0 Å². The molecule has 2 N–H and O–H groups in total. The summed E-state index contributed by atoms with van der Waals surface area (Å²) in [6, 6.07) is 8.52. The zero-order valence-corrected chi connectivity index (χ0v) is 14.6. The monoisotopic (exact) mass is 350 g/mol. The first-order chi connectivity index (χ1) is 10.8. The molecular weight excluding hydrogens is 332 g/mol. The molecule has 1 aromatic carbocycles. The fourth-order valence-corrected chi connectivity index (χ4v) is 4.93. The number of nitrogens with one attached hydrogen (secondary N) is 2. The number of sulfonamides is 1. The van der Waals surface area contributed by atoms with Crippen LogP contribution in [0, 0.1) is 0 Å². The molecule has 0 radical (unpaired) electrons. The minimum Gasteiger partial charge on any atom is -0.352 e. The first kappa shape index (κ1) is 16.2. The number of carbonyl (C=O) groups is 1. The van der Waals surface area contributed by atoms with Crippen molar-refractivity contribution in [3.8, 4) is 0 Å². The quantitative estimate of drug-likeness (QED) is 0.888. The number of rotatable bonds is 4. The van der Waals surface area contributed by atoms with Crippen molar-refractivity contribution in [2.45, 2.75) is 30.7 Å². The SMILES string of the molecule is CC(C)(NS(=O)(=O)c1ccc2c(c1)C(=O)NCC2)c1cccs1. The molecule has 0 unspecified atom stereocenters. The van der Waals surface area contributed by atoms with Crippen molar-refractivity contribution in [2.75, 3.05) is 6.54 Å². The van der Waals surface area contributed by atoms with Gasteiger partial charge in [-0.15, -0.1) is 11.3 Å². The summed E-state index contributed by atoms with van der Waals surface area (Å²) in [5, 5.41) is 4.65. The van der Waals surface area contributed by atoms with E-state index >= 15 is 0 Å². The van der Waals surface area contributed by atoms with Crippen molar-refractivity contribution in [3.63, 3.8) is 0 Å². The molecule has 1 amide bonds. The fraction of sp³-hybridized carbons (Fsp3) is 0.312. The average molecular weight is 350 g/mol. The maximum absolute atomic E-state index is 12.7. The normalized spacial score (nSPS) is 15.1. The molecule has 1 aliphatic heterocycles. The summed E-state index contributed by atoms with van der Waals surface area (Å²) >= 11 is 1.50. The molecular formula is C16H18N2O3S2. The average Bonchev–Trinajstić information content (AvgIpc) is 3.01. The number of hydrogen-bond acceptors (Lipinski definition) is 4. The molecule has 0 aliphatic carbocycles.